The van der Waals surface area contributed by atoms with Crippen LogP contribution in [0.4, 0.5) is 0 Å². The van der Waals surface area contributed by atoms with Crippen molar-refractivity contribution in [3.63, 3.8) is 0 Å². The fourth-order valence-electron chi connectivity index (χ4n) is 3.06. The van der Waals surface area contributed by atoms with Crippen molar-refractivity contribution >= 4 is 17.9 Å². The number of quaternary nitrogens is 1. The molecule has 24 heavy (non-hydrogen) atoms. The van der Waals surface area contributed by atoms with Gasteiger partial charge in [0.25, 0.3) is 0 Å². The fourth-order valence-corrected chi connectivity index (χ4v) is 3.06. The van der Waals surface area contributed by atoms with Gasteiger partial charge in [0.1, 0.15) is 0 Å². The van der Waals surface area contributed by atoms with E-state index >= 15 is 0 Å². The number of hydrogen-bond donors (Lipinski definition) is 3. The number of hydrogen-bond acceptors (Lipinski definition) is 3. The Balaban J connectivity index is 5.65. The van der Waals surface area contributed by atoms with Crippen LogP contribution in [0.5, 0.6) is 0 Å². The number of aliphatic carboxylic acids is 3. The average molecular weight is 344 g/mol. The Morgan fingerprint density at radius 3 is 1.54 bits per heavy atom. The van der Waals surface area contributed by atoms with Crippen LogP contribution in [-0.4, -0.2) is 62.4 Å². The van der Waals surface area contributed by atoms with Crippen LogP contribution >= 0.6 is 0 Å². The third-order valence-corrected chi connectivity index (χ3v) is 4.81. The molecule has 0 saturated heterocycles. The number of unbranched alkanes of at least 4 members (excludes halogenated alkanes) is 2. The van der Waals surface area contributed by atoms with Gasteiger partial charge in [0.2, 0.25) is 0 Å². The minimum atomic E-state index is -1.20. The number of carbonyl (C=O) groups is 3. The maximum atomic E-state index is 11.6. The van der Waals surface area contributed by atoms with E-state index in [0.717, 1.165) is 19.3 Å². The minimum absolute atomic E-state index is 0.136. The molecule has 0 rings (SSSR count). The molecule has 0 aliphatic heterocycles. The quantitative estimate of drug-likeness (QED) is 0.285. The number of allylic oxidation sites excluding steroid dienone is 1. The Labute approximate surface area is 143 Å². The van der Waals surface area contributed by atoms with Crippen molar-refractivity contribution in [2.45, 2.75) is 71.5 Å². The summed E-state index contributed by atoms with van der Waals surface area (Å²) in [5, 5.41) is 28.3. The Hall–Kier alpha value is -1.89. The van der Waals surface area contributed by atoms with Gasteiger partial charge in [-0.1, -0.05) is 31.9 Å². The Bertz CT molecular complexity index is 423. The molecule has 0 aromatic rings. The first-order valence-electron chi connectivity index (χ1n) is 8.33. The maximum absolute atomic E-state index is 11.6. The molecule has 0 fully saturated rings. The Morgan fingerprint density at radius 2 is 1.21 bits per heavy atom. The summed E-state index contributed by atoms with van der Waals surface area (Å²) in [6.45, 7) is 6.34. The molecule has 0 heterocycles. The topological polar surface area (TPSA) is 112 Å². The molecule has 0 amide bonds. The molecule has 0 radical (unpaired) electrons. The Morgan fingerprint density at radius 1 is 0.833 bits per heavy atom. The molecule has 0 aromatic carbocycles. The number of carboxylic acids is 3. The molecule has 3 atom stereocenters. The highest BCUT2D eigenvalue weighted by Crippen LogP contribution is 2.27. The van der Waals surface area contributed by atoms with Crippen LogP contribution < -0.4 is 0 Å². The van der Waals surface area contributed by atoms with Crippen LogP contribution in [0, 0.1) is 0 Å². The lowest BCUT2D eigenvalue weighted by Gasteiger charge is -2.47. The summed E-state index contributed by atoms with van der Waals surface area (Å²) in [6, 6.07) is -3.44. The summed E-state index contributed by atoms with van der Waals surface area (Å²) in [7, 11) is 0. The lowest BCUT2D eigenvalue weighted by atomic mass is 10.0. The van der Waals surface area contributed by atoms with Crippen molar-refractivity contribution in [2.75, 3.05) is 6.54 Å². The van der Waals surface area contributed by atoms with E-state index in [4.69, 9.17) is 0 Å². The molecular weight excluding hydrogens is 314 g/mol. The van der Waals surface area contributed by atoms with Gasteiger partial charge in [-0.15, -0.1) is 0 Å². The number of rotatable bonds is 12. The molecule has 0 bridgehead atoms. The van der Waals surface area contributed by atoms with Crippen LogP contribution in [0.2, 0.25) is 0 Å². The van der Waals surface area contributed by atoms with Crippen LogP contribution in [0.1, 0.15) is 53.4 Å². The summed E-state index contributed by atoms with van der Waals surface area (Å²) in [4.78, 5) is 34.7. The van der Waals surface area contributed by atoms with Crippen molar-refractivity contribution < 1.29 is 34.2 Å². The van der Waals surface area contributed by atoms with E-state index in [1.807, 2.05) is 12.2 Å². The SMILES string of the molecule is CCCC/C=C/CC[N+](C(C)C(=O)O)(C(C)C(=O)O)C(C)C(=O)O. The summed E-state index contributed by atoms with van der Waals surface area (Å²) < 4.78 is -0.530. The molecule has 7 nitrogen and oxygen atoms in total. The average Bonchev–Trinajstić information content (AvgIpc) is 2.52. The molecule has 7 heteroatoms. The molecule has 3 unspecified atom stereocenters. The normalized spacial score (nSPS) is 17.8. The standard InChI is InChI=1S/C17H29NO6/c1-5-6-7-8-9-10-11-18(12(2)15(19)20,13(3)16(21)22)14(4)17(23)24/h8-9,12-14H,5-7,10-11H2,1-4H3,(H2-,19,20,21,22,23,24)/p+1/b9-8+. The molecule has 0 aliphatic rings. The van der Waals surface area contributed by atoms with E-state index in [2.05, 4.69) is 6.92 Å². The van der Waals surface area contributed by atoms with Crippen molar-refractivity contribution in [2.24, 2.45) is 0 Å². The van der Waals surface area contributed by atoms with Crippen LogP contribution in [-0.2, 0) is 14.4 Å². The summed E-state index contributed by atoms with van der Waals surface area (Å²) in [5.41, 5.74) is 0. The molecule has 0 saturated carbocycles. The maximum Gasteiger partial charge on any atom is 0.362 e. The van der Waals surface area contributed by atoms with Crippen molar-refractivity contribution in [3.8, 4) is 0 Å². The van der Waals surface area contributed by atoms with Gasteiger partial charge >= 0.3 is 17.9 Å². The summed E-state index contributed by atoms with van der Waals surface area (Å²) in [6.07, 6.45) is 7.27. The first kappa shape index (κ1) is 22.1. The lowest BCUT2D eigenvalue weighted by Crippen LogP contribution is -2.70. The number of nitrogens with zero attached hydrogens (tertiary/aromatic N) is 1. The molecule has 138 valence electrons. The molecular formula is C17H30NO6+. The van der Waals surface area contributed by atoms with Crippen molar-refractivity contribution in [1.82, 2.24) is 0 Å². The predicted molar refractivity (Wildman–Crippen MR) is 89.7 cm³/mol. The van der Waals surface area contributed by atoms with Gasteiger partial charge in [-0.05, 0) is 27.2 Å². The largest absolute Gasteiger partial charge is 0.477 e. The lowest BCUT2D eigenvalue weighted by molar-refractivity contribution is -0.967. The highest BCUT2D eigenvalue weighted by Gasteiger charge is 2.52. The van der Waals surface area contributed by atoms with E-state index in [0.29, 0.717) is 6.42 Å². The van der Waals surface area contributed by atoms with Gasteiger partial charge in [0.15, 0.2) is 18.1 Å². The zero-order valence-corrected chi connectivity index (χ0v) is 14.9. The third-order valence-electron chi connectivity index (χ3n) is 4.81. The second-order valence-corrected chi connectivity index (χ2v) is 6.16. The molecule has 0 aromatic heterocycles. The smallest absolute Gasteiger partial charge is 0.362 e. The van der Waals surface area contributed by atoms with Crippen molar-refractivity contribution in [3.05, 3.63) is 12.2 Å². The predicted octanol–water partition coefficient (Wildman–Crippen LogP) is 2.36. The fraction of sp³-hybridized carbons (Fsp3) is 0.706. The van der Waals surface area contributed by atoms with E-state index in [1.165, 1.54) is 20.8 Å². The summed E-state index contributed by atoms with van der Waals surface area (Å²) >= 11 is 0. The van der Waals surface area contributed by atoms with Gasteiger partial charge < -0.3 is 15.3 Å². The first-order chi connectivity index (χ1) is 11.1. The second-order valence-electron chi connectivity index (χ2n) is 6.16. The highest BCUT2D eigenvalue weighted by atomic mass is 16.4. The number of carboxylic acid groups (broad SMARTS) is 3. The van der Waals surface area contributed by atoms with E-state index in [1.54, 1.807) is 0 Å². The van der Waals surface area contributed by atoms with Crippen LogP contribution in [0.15, 0.2) is 12.2 Å². The summed E-state index contributed by atoms with van der Waals surface area (Å²) in [5.74, 6) is -3.61. The Kier molecular flexibility index (Phi) is 9.28. The minimum Gasteiger partial charge on any atom is -0.477 e. The molecule has 0 spiro atoms. The van der Waals surface area contributed by atoms with Gasteiger partial charge in [-0.2, -0.15) is 0 Å². The first-order valence-corrected chi connectivity index (χ1v) is 8.33. The van der Waals surface area contributed by atoms with Crippen LogP contribution in [0.25, 0.3) is 0 Å². The van der Waals surface area contributed by atoms with Gasteiger partial charge in [0.05, 0.1) is 6.54 Å². The van der Waals surface area contributed by atoms with E-state index in [9.17, 15) is 29.7 Å². The van der Waals surface area contributed by atoms with Crippen molar-refractivity contribution in [1.29, 1.82) is 0 Å². The van der Waals surface area contributed by atoms with E-state index in [-0.39, 0.29) is 6.54 Å². The highest BCUT2D eigenvalue weighted by molar-refractivity contribution is 5.77. The molecule has 3 N–H and O–H groups in total. The third kappa shape index (κ3) is 5.33. The van der Waals surface area contributed by atoms with Gasteiger partial charge in [0, 0.05) is 6.42 Å². The van der Waals surface area contributed by atoms with Gasteiger partial charge in [-0.25, -0.2) is 14.4 Å². The van der Waals surface area contributed by atoms with E-state index < -0.39 is 40.5 Å². The van der Waals surface area contributed by atoms with Gasteiger partial charge in [-0.3, -0.25) is 4.48 Å². The van der Waals surface area contributed by atoms with Crippen LogP contribution in [0.3, 0.4) is 0 Å². The zero-order valence-electron chi connectivity index (χ0n) is 14.9. The monoisotopic (exact) mass is 344 g/mol. The molecule has 0 aliphatic carbocycles. The zero-order chi connectivity index (χ0) is 18.9. The second kappa shape index (κ2) is 10.1.